The number of aromatic nitrogens is 8. The summed E-state index contributed by atoms with van der Waals surface area (Å²) in [6.45, 7) is -1.86. The van der Waals surface area contributed by atoms with Crippen LogP contribution < -0.4 is 34.0 Å². The van der Waals surface area contributed by atoms with E-state index >= 15 is 0 Å². The Morgan fingerprint density at radius 3 is 1.81 bits per heavy atom. The summed E-state index contributed by atoms with van der Waals surface area (Å²) in [6, 6.07) is 4.25. The Balaban J connectivity index is 0.846. The first-order chi connectivity index (χ1) is 37.8. The van der Waals surface area contributed by atoms with Gasteiger partial charge in [0, 0.05) is 37.2 Å². The van der Waals surface area contributed by atoms with Crippen molar-refractivity contribution >= 4 is 54.2 Å². The zero-order chi connectivity index (χ0) is 56.9. The summed E-state index contributed by atoms with van der Waals surface area (Å²) in [4.78, 5) is 111. The molecule has 4 fully saturated rings. The highest BCUT2D eigenvalue weighted by atomic mass is 31.2. The van der Waals surface area contributed by atoms with Gasteiger partial charge in [0.2, 0.25) is 5.95 Å². The first-order valence-corrected chi connectivity index (χ1v) is 30.5. The van der Waals surface area contributed by atoms with E-state index in [4.69, 9.17) is 66.3 Å². The second-order valence-electron chi connectivity index (χ2n) is 19.3. The quantitative estimate of drug-likeness (QED) is 0.0323. The van der Waals surface area contributed by atoms with E-state index in [2.05, 4.69) is 31.0 Å². The van der Waals surface area contributed by atoms with E-state index < -0.39 is 148 Å². The predicted molar refractivity (Wildman–Crippen MR) is 267 cm³/mol. The first kappa shape index (κ1) is 58.1. The van der Waals surface area contributed by atoms with Gasteiger partial charge in [-0.15, -0.1) is 0 Å². The van der Waals surface area contributed by atoms with Gasteiger partial charge in [-0.05, 0) is 55.7 Å². The summed E-state index contributed by atoms with van der Waals surface area (Å²) in [5.74, 6) is 0.223. The number of aryl methyl sites for hydroxylation is 1. The molecule has 0 amide bonds. The smallest absolute Gasteiger partial charge is 0.467 e. The molecule has 10 rings (SSSR count). The van der Waals surface area contributed by atoms with Crippen LogP contribution in [-0.2, 0) is 75.3 Å². The van der Waals surface area contributed by atoms with E-state index in [0.29, 0.717) is 5.92 Å². The zero-order valence-corrected chi connectivity index (χ0v) is 45.4. The molecule has 3 aliphatic heterocycles. The molecule has 0 spiro atoms. The number of hydrogen-bond donors (Lipinski definition) is 8. The number of phosphoric ester groups is 4. The lowest BCUT2D eigenvalue weighted by Crippen LogP contribution is -2.33. The largest absolute Gasteiger partial charge is 0.472 e. The molecule has 80 heavy (non-hydrogen) atoms. The van der Waals surface area contributed by atoms with Crippen molar-refractivity contribution < 1.29 is 92.7 Å². The van der Waals surface area contributed by atoms with Crippen LogP contribution in [0.2, 0.25) is 0 Å². The van der Waals surface area contributed by atoms with E-state index in [9.17, 15) is 57.0 Å². The van der Waals surface area contributed by atoms with Crippen molar-refractivity contribution in [2.75, 3.05) is 37.9 Å². The van der Waals surface area contributed by atoms with Crippen molar-refractivity contribution in [3.05, 3.63) is 108 Å². The van der Waals surface area contributed by atoms with Crippen LogP contribution in [0, 0.1) is 24.7 Å². The van der Waals surface area contributed by atoms with E-state index in [1.807, 2.05) is 6.08 Å². The number of furan rings is 1. The van der Waals surface area contributed by atoms with Crippen LogP contribution in [0.4, 0.5) is 11.8 Å². The second-order valence-corrected chi connectivity index (χ2v) is 24.9. The Morgan fingerprint density at radius 2 is 1.25 bits per heavy atom. The van der Waals surface area contributed by atoms with E-state index in [0.717, 1.165) is 28.3 Å². The van der Waals surface area contributed by atoms with Crippen LogP contribution in [0.5, 0.6) is 0 Å². The van der Waals surface area contributed by atoms with Gasteiger partial charge in [-0.2, -0.15) is 9.97 Å². The summed E-state index contributed by atoms with van der Waals surface area (Å²) in [7, 11) is -20.5. The standard InChI is InChI=1S/C42H54N10O24P4/c1-21-14-51(42(56)49-38(21)53)34-12-27(29(72-34)17-68-77(57,58)66-15-24-10-22-4-5-23(24)9-22)75-79(61,62)70-19-31-28(13-35(73-31)52-20-45-36-37(52)47-40(44)48-39(36)54)76-80(63,64)69-18-30-26(74-78(59,60)67-16-25-3-2-8-65-25)11-33(71-30)50-7-6-32(43)46-41(50)55/h2-8,14,20,22-24,26-31,33-35H,9-13,15-19H2,1H3,(H,57,58)(H,59,60)(H,61,62)(H,63,64)(H2,43,46,55)(H,49,53,56)(H3,44,47,48,54)/t22?,23?,24?,26-,27-,28-,29-,30-,31-,33-,34-,35-/m1/s1. The van der Waals surface area contributed by atoms with Crippen molar-refractivity contribution in [2.45, 2.75) is 101 Å². The van der Waals surface area contributed by atoms with Gasteiger partial charge in [0.25, 0.3) is 11.1 Å². The number of nitrogens with two attached hydrogens (primary N) is 2. The number of hydrogen-bond acceptors (Lipinski definition) is 25. The Morgan fingerprint density at radius 1 is 0.675 bits per heavy atom. The number of H-pyrrole nitrogens is 2. The summed E-state index contributed by atoms with van der Waals surface area (Å²) >= 11 is 0. The summed E-state index contributed by atoms with van der Waals surface area (Å²) in [6.07, 6.45) is -3.57. The predicted octanol–water partition coefficient (Wildman–Crippen LogP) is 1.91. The molecule has 0 aromatic carbocycles. The maximum atomic E-state index is 13.9. The van der Waals surface area contributed by atoms with Crippen molar-refractivity contribution in [2.24, 2.45) is 17.8 Å². The molecule has 5 aromatic heterocycles. The van der Waals surface area contributed by atoms with E-state index in [-0.39, 0.29) is 59.1 Å². The van der Waals surface area contributed by atoms with Gasteiger partial charge in [0.15, 0.2) is 11.2 Å². The molecule has 5 aliphatic rings. The van der Waals surface area contributed by atoms with Gasteiger partial charge >= 0.3 is 42.7 Å². The SMILES string of the molecule is Cc1cn([C@H]2C[C@@H](OP(=O)(O)OC[C@H]3O[C@@H](n4cnc5c(=O)[nH]c(N)nc54)C[C@H]3OP(=O)(O)OC[C@H]3O[C@@H](n4ccc(N)nc4=O)C[C@H]3OP(=O)(O)OCc3ccco3)[C@@H](COP(=O)(O)OCC3CC4C=CC3C4)O2)c(=O)[nH]c1=O. The number of ether oxygens (including phenoxy) is 3. The average molecular weight is 1210 g/mol. The lowest BCUT2D eigenvalue weighted by molar-refractivity contribution is -0.0611. The van der Waals surface area contributed by atoms with Gasteiger partial charge < -0.3 is 49.7 Å². The molecule has 2 aliphatic carbocycles. The number of aromatic amines is 2. The highest BCUT2D eigenvalue weighted by Crippen LogP contribution is 2.55. The van der Waals surface area contributed by atoms with Crippen LogP contribution in [0.3, 0.4) is 0 Å². The lowest BCUT2D eigenvalue weighted by atomic mass is 9.95. The van der Waals surface area contributed by atoms with Crippen molar-refractivity contribution in [3.63, 3.8) is 0 Å². The average Bonchev–Trinajstić information content (AvgIpc) is 4.27. The molecule has 2 bridgehead atoms. The molecule has 16 atom stereocenters. The number of allylic oxidation sites excluding steroid dienone is 2. The number of anilines is 2. The van der Waals surface area contributed by atoms with Crippen LogP contribution in [0.25, 0.3) is 11.2 Å². The minimum absolute atomic E-state index is 0.0259. The third-order valence-corrected chi connectivity index (χ3v) is 17.7. The fraction of sp³-hybridized carbons (Fsp3) is 0.548. The summed E-state index contributed by atoms with van der Waals surface area (Å²) in [5, 5.41) is 0. The number of nitrogens with one attached hydrogen (secondary N) is 2. The van der Waals surface area contributed by atoms with Crippen LogP contribution in [0.15, 0.2) is 78.9 Å². The number of nitrogens with zero attached hydrogens (tertiary/aromatic N) is 6. The maximum absolute atomic E-state index is 13.9. The highest BCUT2D eigenvalue weighted by molar-refractivity contribution is 7.48. The molecular formula is C42H54N10O24P4. The van der Waals surface area contributed by atoms with Gasteiger partial charge in [0.1, 0.15) is 73.5 Å². The Labute approximate surface area is 449 Å². The molecule has 1 saturated carbocycles. The molecular weight excluding hydrogens is 1150 g/mol. The monoisotopic (exact) mass is 1210 g/mol. The summed E-state index contributed by atoms with van der Waals surface area (Å²) in [5.41, 5.74) is 8.02. The second kappa shape index (κ2) is 23.2. The number of fused-ring (bicyclic) bond motifs is 3. The van der Waals surface area contributed by atoms with Crippen molar-refractivity contribution in [1.29, 1.82) is 0 Å². The minimum atomic E-state index is -5.37. The van der Waals surface area contributed by atoms with Crippen molar-refractivity contribution in [3.8, 4) is 0 Å². The minimum Gasteiger partial charge on any atom is -0.467 e. The molecule has 8 heterocycles. The molecule has 5 aromatic rings. The van der Waals surface area contributed by atoms with Gasteiger partial charge in [0.05, 0.1) is 39.0 Å². The first-order valence-electron chi connectivity index (χ1n) is 24.5. The third-order valence-electron chi connectivity index (χ3n) is 13.8. The number of phosphoric acid groups is 4. The maximum Gasteiger partial charge on any atom is 0.472 e. The van der Waals surface area contributed by atoms with Crippen LogP contribution in [0.1, 0.15) is 62.1 Å². The van der Waals surface area contributed by atoms with Gasteiger partial charge in [-0.3, -0.25) is 69.4 Å². The van der Waals surface area contributed by atoms with Crippen LogP contribution in [-0.4, -0.2) is 121 Å². The Kier molecular flexibility index (Phi) is 16.9. The zero-order valence-electron chi connectivity index (χ0n) is 41.8. The lowest BCUT2D eigenvalue weighted by Gasteiger charge is -2.25. The molecule has 7 unspecified atom stereocenters. The molecule has 38 heteroatoms. The molecule has 34 nitrogen and oxygen atoms in total. The molecule has 436 valence electrons. The van der Waals surface area contributed by atoms with Crippen LogP contribution >= 0.6 is 31.3 Å². The molecule has 0 radical (unpaired) electrons. The Bertz CT molecular complexity index is 3550. The third kappa shape index (κ3) is 13.7. The number of nitrogen functional groups attached to an aromatic ring is 2. The van der Waals surface area contributed by atoms with Crippen molar-refractivity contribution in [1.82, 2.24) is 38.6 Å². The number of imidazole rings is 1. The highest BCUT2D eigenvalue weighted by Gasteiger charge is 2.49. The number of rotatable bonds is 24. The normalized spacial score (nSPS) is 30.4. The molecule has 10 N–H and O–H groups in total. The Hall–Kier alpha value is -5.15. The topological polar surface area (TPSA) is 469 Å². The molecule has 3 saturated heterocycles. The van der Waals surface area contributed by atoms with Gasteiger partial charge in [-0.25, -0.2) is 32.8 Å². The van der Waals surface area contributed by atoms with Gasteiger partial charge in [-0.1, -0.05) is 12.2 Å². The van der Waals surface area contributed by atoms with E-state index in [1.165, 1.54) is 48.3 Å². The fourth-order valence-electron chi connectivity index (χ4n) is 9.96. The fourth-order valence-corrected chi connectivity index (χ4v) is 13.6. The van der Waals surface area contributed by atoms with E-state index in [1.54, 1.807) is 0 Å². The summed E-state index contributed by atoms with van der Waals surface area (Å²) < 4.78 is 124.